The van der Waals surface area contributed by atoms with Gasteiger partial charge >= 0.3 is 0 Å². The van der Waals surface area contributed by atoms with Crippen molar-refractivity contribution < 1.29 is 13.2 Å². The number of likely N-dealkylation sites (tertiary alicyclic amines) is 1. The predicted molar refractivity (Wildman–Crippen MR) is 113 cm³/mol. The molecule has 1 heterocycles. The summed E-state index contributed by atoms with van der Waals surface area (Å²) < 4.78 is 32.6. The van der Waals surface area contributed by atoms with Crippen LogP contribution in [0.25, 0.3) is 0 Å². The van der Waals surface area contributed by atoms with Gasteiger partial charge in [-0.25, -0.2) is 8.42 Å². The lowest BCUT2D eigenvalue weighted by atomic mass is 9.74. The Kier molecular flexibility index (Phi) is 8.58. The molecule has 154 valence electrons. The van der Waals surface area contributed by atoms with Gasteiger partial charge in [0.15, 0.2) is 0 Å². The summed E-state index contributed by atoms with van der Waals surface area (Å²) in [6.07, 6.45) is 5.20. The molecule has 0 amide bonds. The van der Waals surface area contributed by atoms with Crippen molar-refractivity contribution in [1.29, 1.82) is 0 Å². The van der Waals surface area contributed by atoms with Crippen LogP contribution < -0.4 is 4.72 Å². The molecular weight excluding hydrogens is 360 g/mol. The molecule has 1 saturated heterocycles. The highest BCUT2D eigenvalue weighted by Gasteiger charge is 2.34. The molecular formula is C21H36N2O3S. The van der Waals surface area contributed by atoms with Crippen LogP contribution in [-0.4, -0.2) is 51.9 Å². The van der Waals surface area contributed by atoms with Crippen LogP contribution in [0.3, 0.4) is 0 Å². The number of anilines is 1. The predicted octanol–water partition coefficient (Wildman–Crippen LogP) is 4.01. The normalized spacial score (nSPS) is 21.7. The molecule has 0 saturated carbocycles. The summed E-state index contributed by atoms with van der Waals surface area (Å²) in [5.41, 5.74) is 1.98. The standard InChI is InChI=1S/C21H36N2O3S/c1-4-16-27(24,25)22-20-11-9-10-19(17-20)21(5-2)12-7-8-13-23(18-21)14-15-26-6-3/h9-11,17,22H,4-8,12-16,18H2,1-3H3. The van der Waals surface area contributed by atoms with E-state index in [9.17, 15) is 8.42 Å². The number of rotatable bonds is 10. The van der Waals surface area contributed by atoms with E-state index in [0.717, 1.165) is 45.7 Å². The van der Waals surface area contributed by atoms with Crippen LogP contribution in [0.1, 0.15) is 58.4 Å². The van der Waals surface area contributed by atoms with Gasteiger partial charge in [0, 0.05) is 30.8 Å². The molecule has 0 spiro atoms. The van der Waals surface area contributed by atoms with Gasteiger partial charge in [-0.1, -0.05) is 32.4 Å². The Bertz CT molecular complexity index is 678. The summed E-state index contributed by atoms with van der Waals surface area (Å²) in [5.74, 6) is 0.154. The highest BCUT2D eigenvalue weighted by molar-refractivity contribution is 7.92. The van der Waals surface area contributed by atoms with Gasteiger partial charge in [-0.2, -0.15) is 0 Å². The second kappa shape index (κ2) is 10.4. The Labute approximate surface area is 165 Å². The first-order valence-corrected chi connectivity index (χ1v) is 12.0. The highest BCUT2D eigenvalue weighted by Crippen LogP contribution is 2.37. The summed E-state index contributed by atoms with van der Waals surface area (Å²) in [7, 11) is -3.27. The van der Waals surface area contributed by atoms with Crippen molar-refractivity contribution in [3.05, 3.63) is 29.8 Å². The zero-order chi connectivity index (χ0) is 19.8. The fourth-order valence-electron chi connectivity index (χ4n) is 4.05. The van der Waals surface area contributed by atoms with E-state index in [2.05, 4.69) is 22.6 Å². The van der Waals surface area contributed by atoms with Crippen molar-refractivity contribution in [3.8, 4) is 0 Å². The minimum atomic E-state index is -3.27. The second-order valence-electron chi connectivity index (χ2n) is 7.57. The van der Waals surface area contributed by atoms with Crippen molar-refractivity contribution in [3.63, 3.8) is 0 Å². The van der Waals surface area contributed by atoms with E-state index in [1.165, 1.54) is 18.4 Å². The molecule has 2 rings (SSSR count). The van der Waals surface area contributed by atoms with E-state index in [4.69, 9.17) is 4.74 Å². The molecule has 1 aromatic carbocycles. The van der Waals surface area contributed by atoms with Gasteiger partial charge in [-0.3, -0.25) is 4.72 Å². The Morgan fingerprint density at radius 3 is 2.74 bits per heavy atom. The van der Waals surface area contributed by atoms with Crippen LogP contribution >= 0.6 is 0 Å². The molecule has 1 atom stereocenters. The molecule has 1 fully saturated rings. The number of nitrogens with one attached hydrogen (secondary N) is 1. The van der Waals surface area contributed by atoms with Gasteiger partial charge in [0.05, 0.1) is 12.4 Å². The van der Waals surface area contributed by atoms with E-state index in [1.54, 1.807) is 0 Å². The third kappa shape index (κ3) is 6.47. The van der Waals surface area contributed by atoms with E-state index in [1.807, 2.05) is 32.0 Å². The first-order valence-electron chi connectivity index (χ1n) is 10.4. The second-order valence-corrected chi connectivity index (χ2v) is 9.41. The topological polar surface area (TPSA) is 58.6 Å². The average molecular weight is 397 g/mol. The smallest absolute Gasteiger partial charge is 0.232 e. The van der Waals surface area contributed by atoms with Gasteiger partial charge in [-0.05, 0) is 56.8 Å². The minimum absolute atomic E-state index is 0.0644. The zero-order valence-corrected chi connectivity index (χ0v) is 18.0. The summed E-state index contributed by atoms with van der Waals surface area (Å²) in [6.45, 7) is 10.8. The minimum Gasteiger partial charge on any atom is -0.380 e. The van der Waals surface area contributed by atoms with E-state index < -0.39 is 10.0 Å². The largest absolute Gasteiger partial charge is 0.380 e. The summed E-state index contributed by atoms with van der Waals surface area (Å²) in [4.78, 5) is 2.51. The Balaban J connectivity index is 2.22. The molecule has 0 aromatic heterocycles. The molecule has 1 N–H and O–H groups in total. The first-order chi connectivity index (χ1) is 12.9. The lowest BCUT2D eigenvalue weighted by molar-refractivity contribution is 0.105. The fourth-order valence-corrected chi connectivity index (χ4v) is 5.18. The summed E-state index contributed by atoms with van der Waals surface area (Å²) >= 11 is 0. The van der Waals surface area contributed by atoms with Crippen LogP contribution in [0.5, 0.6) is 0 Å². The monoisotopic (exact) mass is 396 g/mol. The van der Waals surface area contributed by atoms with Crippen molar-refractivity contribution >= 4 is 15.7 Å². The van der Waals surface area contributed by atoms with E-state index >= 15 is 0 Å². The van der Waals surface area contributed by atoms with Crippen molar-refractivity contribution in [2.45, 2.75) is 58.3 Å². The number of hydrogen-bond donors (Lipinski definition) is 1. The molecule has 0 aliphatic carbocycles. The van der Waals surface area contributed by atoms with Gasteiger partial charge in [-0.15, -0.1) is 0 Å². The molecule has 27 heavy (non-hydrogen) atoms. The summed E-state index contributed by atoms with van der Waals surface area (Å²) in [5, 5.41) is 0. The van der Waals surface area contributed by atoms with Crippen LogP contribution in [0, 0.1) is 0 Å². The average Bonchev–Trinajstić information content (AvgIpc) is 2.85. The molecule has 1 unspecified atom stereocenters. The van der Waals surface area contributed by atoms with Crippen LogP contribution in [0.15, 0.2) is 24.3 Å². The van der Waals surface area contributed by atoms with Gasteiger partial charge in [0.2, 0.25) is 10.0 Å². The lowest BCUT2D eigenvalue weighted by Gasteiger charge is -2.36. The molecule has 6 heteroatoms. The van der Waals surface area contributed by atoms with E-state index in [0.29, 0.717) is 12.1 Å². The van der Waals surface area contributed by atoms with Gasteiger partial charge in [0.1, 0.15) is 0 Å². The quantitative estimate of drug-likeness (QED) is 0.607. The molecule has 0 radical (unpaired) electrons. The number of sulfonamides is 1. The number of nitrogens with zero attached hydrogens (tertiary/aromatic N) is 1. The molecule has 5 nitrogen and oxygen atoms in total. The molecule has 1 aliphatic rings. The fraction of sp³-hybridized carbons (Fsp3) is 0.714. The maximum absolute atomic E-state index is 12.2. The van der Waals surface area contributed by atoms with E-state index in [-0.39, 0.29) is 11.2 Å². The number of hydrogen-bond acceptors (Lipinski definition) is 4. The summed E-state index contributed by atoms with van der Waals surface area (Å²) in [6, 6.07) is 8.03. The highest BCUT2D eigenvalue weighted by atomic mass is 32.2. The maximum Gasteiger partial charge on any atom is 0.232 e. The third-order valence-electron chi connectivity index (χ3n) is 5.56. The van der Waals surface area contributed by atoms with Crippen LogP contribution in [0.2, 0.25) is 0 Å². The van der Waals surface area contributed by atoms with Crippen molar-refractivity contribution in [2.24, 2.45) is 0 Å². The Morgan fingerprint density at radius 1 is 1.22 bits per heavy atom. The van der Waals surface area contributed by atoms with Crippen molar-refractivity contribution in [1.82, 2.24) is 4.90 Å². The molecule has 1 aromatic rings. The lowest BCUT2D eigenvalue weighted by Crippen LogP contribution is -2.40. The number of ether oxygens (including phenoxy) is 1. The molecule has 1 aliphatic heterocycles. The first kappa shape index (κ1) is 22.2. The SMILES string of the molecule is CCCS(=O)(=O)Nc1cccc(C2(CC)CCCCN(CCOCC)C2)c1. The Hall–Kier alpha value is -1.11. The Morgan fingerprint density at radius 2 is 2.04 bits per heavy atom. The van der Waals surface area contributed by atoms with Gasteiger partial charge < -0.3 is 9.64 Å². The number of benzene rings is 1. The maximum atomic E-state index is 12.2. The third-order valence-corrected chi connectivity index (χ3v) is 7.05. The van der Waals surface area contributed by atoms with Crippen LogP contribution in [-0.2, 0) is 20.2 Å². The van der Waals surface area contributed by atoms with Crippen LogP contribution in [0.4, 0.5) is 5.69 Å². The van der Waals surface area contributed by atoms with Gasteiger partial charge in [0.25, 0.3) is 0 Å². The zero-order valence-electron chi connectivity index (χ0n) is 17.2. The molecule has 0 bridgehead atoms. The van der Waals surface area contributed by atoms with Crippen molar-refractivity contribution in [2.75, 3.05) is 43.3 Å².